The molecule has 0 saturated carbocycles. The van der Waals surface area contributed by atoms with Gasteiger partial charge in [0.05, 0.1) is 0 Å². The van der Waals surface area contributed by atoms with Gasteiger partial charge in [0.1, 0.15) is 6.54 Å². The van der Waals surface area contributed by atoms with Gasteiger partial charge in [0.2, 0.25) is 5.91 Å². The van der Waals surface area contributed by atoms with Crippen LogP contribution in [-0.2, 0) is 4.79 Å². The standard InChI is InChI=1S/C14H25F3N2O/c1-4-12(5-2)19(9-14(15,16)17)13(20)11-6-7-18-10(3)8-11/h10-12,18H,4-9H2,1-3H3. The van der Waals surface area contributed by atoms with Crippen LogP contribution in [0.3, 0.4) is 0 Å². The van der Waals surface area contributed by atoms with Crippen LogP contribution in [0.5, 0.6) is 0 Å². The summed E-state index contributed by atoms with van der Waals surface area (Å²) in [5.41, 5.74) is 0. The molecule has 0 bridgehead atoms. The van der Waals surface area contributed by atoms with Gasteiger partial charge >= 0.3 is 6.18 Å². The number of carbonyl (C=O) groups excluding carboxylic acids is 1. The van der Waals surface area contributed by atoms with Gasteiger partial charge in [-0.1, -0.05) is 13.8 Å². The van der Waals surface area contributed by atoms with E-state index in [0.717, 1.165) is 4.90 Å². The number of piperidine rings is 1. The van der Waals surface area contributed by atoms with Gasteiger partial charge in [-0.05, 0) is 39.2 Å². The summed E-state index contributed by atoms with van der Waals surface area (Å²) in [5.74, 6) is -0.612. The van der Waals surface area contributed by atoms with Crippen LogP contribution in [0.4, 0.5) is 13.2 Å². The Morgan fingerprint density at radius 3 is 2.40 bits per heavy atom. The van der Waals surface area contributed by atoms with E-state index in [-0.39, 0.29) is 23.9 Å². The summed E-state index contributed by atoms with van der Waals surface area (Å²) in [4.78, 5) is 13.5. The van der Waals surface area contributed by atoms with Crippen LogP contribution in [-0.4, -0.2) is 42.2 Å². The van der Waals surface area contributed by atoms with Crippen LogP contribution in [0.2, 0.25) is 0 Å². The quantitative estimate of drug-likeness (QED) is 0.845. The number of hydrogen-bond acceptors (Lipinski definition) is 2. The van der Waals surface area contributed by atoms with Crippen molar-refractivity contribution in [2.24, 2.45) is 5.92 Å². The molecule has 1 heterocycles. The van der Waals surface area contributed by atoms with Crippen molar-refractivity contribution >= 4 is 5.91 Å². The summed E-state index contributed by atoms with van der Waals surface area (Å²) in [6, 6.07) is -0.138. The first kappa shape index (κ1) is 17.3. The lowest BCUT2D eigenvalue weighted by molar-refractivity contribution is -0.169. The average molecular weight is 294 g/mol. The minimum atomic E-state index is -4.34. The Bertz CT molecular complexity index is 316. The first-order valence-electron chi connectivity index (χ1n) is 7.39. The molecule has 0 spiro atoms. The number of nitrogens with one attached hydrogen (secondary N) is 1. The van der Waals surface area contributed by atoms with Crippen LogP contribution in [0.1, 0.15) is 46.5 Å². The lowest BCUT2D eigenvalue weighted by atomic mass is 9.91. The molecule has 1 fully saturated rings. The molecule has 0 aromatic rings. The third kappa shape index (κ3) is 4.96. The maximum absolute atomic E-state index is 12.7. The second kappa shape index (κ2) is 7.29. The third-order valence-electron chi connectivity index (χ3n) is 3.99. The van der Waals surface area contributed by atoms with Gasteiger partial charge in [-0.25, -0.2) is 0 Å². The maximum Gasteiger partial charge on any atom is 0.406 e. The Labute approximate surface area is 118 Å². The number of halogens is 3. The summed E-state index contributed by atoms with van der Waals surface area (Å²) in [5, 5.41) is 3.22. The van der Waals surface area contributed by atoms with Crippen molar-refractivity contribution in [1.29, 1.82) is 0 Å². The zero-order chi connectivity index (χ0) is 15.3. The fourth-order valence-electron chi connectivity index (χ4n) is 2.90. The SMILES string of the molecule is CCC(CC)N(CC(F)(F)F)C(=O)C1CCNC(C)C1. The highest BCUT2D eigenvalue weighted by Crippen LogP contribution is 2.25. The average Bonchev–Trinajstić information content (AvgIpc) is 2.36. The summed E-state index contributed by atoms with van der Waals surface area (Å²) < 4.78 is 38.2. The minimum Gasteiger partial charge on any atom is -0.330 e. The zero-order valence-electron chi connectivity index (χ0n) is 12.5. The molecule has 1 saturated heterocycles. The van der Waals surface area contributed by atoms with Crippen LogP contribution < -0.4 is 5.32 Å². The fourth-order valence-corrected chi connectivity index (χ4v) is 2.90. The number of alkyl halides is 3. The van der Waals surface area contributed by atoms with E-state index in [2.05, 4.69) is 5.32 Å². The van der Waals surface area contributed by atoms with Crippen molar-refractivity contribution in [2.75, 3.05) is 13.1 Å². The number of hydrogen-bond donors (Lipinski definition) is 1. The molecular formula is C14H25F3N2O. The van der Waals surface area contributed by atoms with Gasteiger partial charge in [-0.3, -0.25) is 4.79 Å². The van der Waals surface area contributed by atoms with Crippen molar-refractivity contribution in [3.05, 3.63) is 0 Å². The van der Waals surface area contributed by atoms with E-state index in [1.807, 2.05) is 20.8 Å². The number of nitrogens with zero attached hydrogens (tertiary/aromatic N) is 1. The molecule has 0 radical (unpaired) electrons. The van der Waals surface area contributed by atoms with E-state index in [9.17, 15) is 18.0 Å². The van der Waals surface area contributed by atoms with Crippen molar-refractivity contribution < 1.29 is 18.0 Å². The molecule has 1 N–H and O–H groups in total. The second-order valence-electron chi connectivity index (χ2n) is 5.63. The summed E-state index contributed by atoms with van der Waals surface area (Å²) in [6.07, 6.45) is -1.99. The lowest BCUT2D eigenvalue weighted by Crippen LogP contribution is -2.50. The van der Waals surface area contributed by atoms with Gasteiger partial charge in [-0.2, -0.15) is 13.2 Å². The molecule has 1 amide bonds. The zero-order valence-corrected chi connectivity index (χ0v) is 12.5. The van der Waals surface area contributed by atoms with Gasteiger partial charge in [0.25, 0.3) is 0 Å². The molecule has 6 heteroatoms. The Morgan fingerprint density at radius 1 is 1.35 bits per heavy atom. The summed E-state index contributed by atoms with van der Waals surface area (Å²) >= 11 is 0. The maximum atomic E-state index is 12.7. The molecule has 1 aliphatic rings. The third-order valence-corrected chi connectivity index (χ3v) is 3.99. The number of carbonyl (C=O) groups is 1. The molecule has 1 rings (SSSR count). The van der Waals surface area contributed by atoms with E-state index in [1.165, 1.54) is 0 Å². The molecule has 0 aromatic heterocycles. The van der Waals surface area contributed by atoms with Gasteiger partial charge in [0.15, 0.2) is 0 Å². The fraction of sp³-hybridized carbons (Fsp3) is 0.929. The Morgan fingerprint density at radius 2 is 1.95 bits per heavy atom. The molecule has 20 heavy (non-hydrogen) atoms. The molecule has 3 nitrogen and oxygen atoms in total. The normalized spacial score (nSPS) is 23.9. The van der Waals surface area contributed by atoms with Crippen molar-refractivity contribution in [3.8, 4) is 0 Å². The Balaban J connectivity index is 2.82. The second-order valence-corrected chi connectivity index (χ2v) is 5.63. The monoisotopic (exact) mass is 294 g/mol. The summed E-state index contributed by atoms with van der Waals surface area (Å²) in [6.45, 7) is 5.19. The van der Waals surface area contributed by atoms with Gasteiger partial charge in [-0.15, -0.1) is 0 Å². The molecule has 118 valence electrons. The van der Waals surface area contributed by atoms with E-state index >= 15 is 0 Å². The van der Waals surface area contributed by atoms with Crippen LogP contribution in [0, 0.1) is 5.92 Å². The van der Waals surface area contributed by atoms with Crippen molar-refractivity contribution in [2.45, 2.75) is 64.7 Å². The predicted octanol–water partition coefficient (Wildman–Crippen LogP) is 2.95. The topological polar surface area (TPSA) is 32.3 Å². The number of rotatable bonds is 5. The highest BCUT2D eigenvalue weighted by atomic mass is 19.4. The van der Waals surface area contributed by atoms with Crippen LogP contribution in [0.15, 0.2) is 0 Å². The van der Waals surface area contributed by atoms with E-state index < -0.39 is 12.7 Å². The molecular weight excluding hydrogens is 269 g/mol. The lowest BCUT2D eigenvalue weighted by Gasteiger charge is -2.36. The number of amides is 1. The van der Waals surface area contributed by atoms with Crippen LogP contribution in [0.25, 0.3) is 0 Å². The van der Waals surface area contributed by atoms with E-state index in [0.29, 0.717) is 32.2 Å². The molecule has 2 atom stereocenters. The molecule has 0 aromatic carbocycles. The molecule has 2 unspecified atom stereocenters. The Hall–Kier alpha value is -0.780. The van der Waals surface area contributed by atoms with Gasteiger partial charge < -0.3 is 10.2 Å². The van der Waals surface area contributed by atoms with E-state index in [1.54, 1.807) is 0 Å². The highest BCUT2D eigenvalue weighted by molar-refractivity contribution is 5.79. The first-order valence-corrected chi connectivity index (χ1v) is 7.39. The molecule has 0 aliphatic carbocycles. The van der Waals surface area contributed by atoms with Gasteiger partial charge in [0, 0.05) is 18.0 Å². The largest absolute Gasteiger partial charge is 0.406 e. The van der Waals surface area contributed by atoms with Crippen molar-refractivity contribution in [1.82, 2.24) is 10.2 Å². The molecule has 1 aliphatic heterocycles. The van der Waals surface area contributed by atoms with Crippen LogP contribution >= 0.6 is 0 Å². The van der Waals surface area contributed by atoms with E-state index in [4.69, 9.17) is 0 Å². The Kier molecular flexibility index (Phi) is 6.30. The minimum absolute atomic E-state index is 0.187. The predicted molar refractivity (Wildman–Crippen MR) is 72.3 cm³/mol. The van der Waals surface area contributed by atoms with Crippen molar-refractivity contribution in [3.63, 3.8) is 0 Å². The summed E-state index contributed by atoms with van der Waals surface area (Å²) in [7, 11) is 0. The highest BCUT2D eigenvalue weighted by Gasteiger charge is 2.38. The first-order chi connectivity index (χ1) is 9.28. The smallest absolute Gasteiger partial charge is 0.330 e.